The summed E-state index contributed by atoms with van der Waals surface area (Å²) < 4.78 is 0. The maximum Gasteiger partial charge on any atom is 1.00 e. The average molecular weight is 224 g/mol. The van der Waals surface area contributed by atoms with E-state index in [2.05, 4.69) is 58.9 Å². The Kier molecular flexibility index (Phi) is 4.03. The molecule has 0 aromatic heterocycles. The van der Waals surface area contributed by atoms with Crippen LogP contribution >= 0.6 is 0 Å². The van der Waals surface area contributed by atoms with E-state index in [0.29, 0.717) is 16.2 Å². The minimum absolute atomic E-state index is 0. The van der Waals surface area contributed by atoms with Crippen molar-refractivity contribution in [1.82, 2.24) is 0 Å². The average Bonchev–Trinajstić information content (AvgIpc) is 2.46. The Bertz CT molecular complexity index is 341. The van der Waals surface area contributed by atoms with Gasteiger partial charge >= 0.3 is 18.9 Å². The van der Waals surface area contributed by atoms with E-state index < -0.39 is 0 Å². The van der Waals surface area contributed by atoms with Gasteiger partial charge in [0, 0.05) is 0 Å². The topological polar surface area (TPSA) is 0 Å². The SMILES string of the molecule is CC1(C)CC(C)(C)CC(C)([c-]2cccc2)C1.[Li+]. The van der Waals surface area contributed by atoms with Crippen LogP contribution in [0.25, 0.3) is 0 Å². The molecule has 1 aliphatic rings. The molecule has 1 aromatic rings. The van der Waals surface area contributed by atoms with Crippen molar-refractivity contribution in [1.29, 1.82) is 0 Å². The minimum atomic E-state index is 0. The molecule has 1 saturated carbocycles. The molecular weight excluding hydrogens is 199 g/mol. The van der Waals surface area contributed by atoms with Gasteiger partial charge in [-0.25, -0.2) is 12.1 Å². The fourth-order valence-electron chi connectivity index (χ4n) is 4.58. The summed E-state index contributed by atoms with van der Waals surface area (Å²) in [6.07, 6.45) is 3.97. The molecule has 1 heteroatoms. The van der Waals surface area contributed by atoms with Gasteiger partial charge in [0.1, 0.15) is 0 Å². The fourth-order valence-corrected chi connectivity index (χ4v) is 4.58. The standard InChI is InChI=1S/C16H25.Li/c1-14(2)10-15(3,4)12-16(5,11-14)13-8-6-7-9-13;/h6-9H,10-12H2,1-5H3;/q-1;+1. The quantitative estimate of drug-likeness (QED) is 0.505. The summed E-state index contributed by atoms with van der Waals surface area (Å²) in [5.74, 6) is 0. The summed E-state index contributed by atoms with van der Waals surface area (Å²) in [5, 5.41) is 0. The van der Waals surface area contributed by atoms with Gasteiger partial charge in [-0.15, -0.1) is 0 Å². The van der Waals surface area contributed by atoms with Gasteiger partial charge < -0.3 is 0 Å². The number of hydrogen-bond acceptors (Lipinski definition) is 0. The van der Waals surface area contributed by atoms with Gasteiger partial charge in [0.25, 0.3) is 0 Å². The first-order valence-corrected chi connectivity index (χ1v) is 6.45. The first-order valence-electron chi connectivity index (χ1n) is 6.45. The molecule has 0 aliphatic heterocycles. The van der Waals surface area contributed by atoms with Crippen molar-refractivity contribution in [3.05, 3.63) is 29.8 Å². The van der Waals surface area contributed by atoms with Gasteiger partial charge in [0.15, 0.2) is 0 Å². The predicted octanol–water partition coefficient (Wildman–Crippen LogP) is 1.90. The van der Waals surface area contributed by atoms with Crippen LogP contribution in [0.1, 0.15) is 59.4 Å². The van der Waals surface area contributed by atoms with E-state index in [1.807, 2.05) is 0 Å². The van der Waals surface area contributed by atoms with E-state index in [1.54, 1.807) is 0 Å². The molecule has 0 nitrogen and oxygen atoms in total. The Balaban J connectivity index is 0.00000144. The summed E-state index contributed by atoms with van der Waals surface area (Å²) in [6.45, 7) is 12.2. The van der Waals surface area contributed by atoms with E-state index in [9.17, 15) is 0 Å². The largest absolute Gasteiger partial charge is 1.00 e. The Labute approximate surface area is 119 Å². The Morgan fingerprint density at radius 3 is 1.59 bits per heavy atom. The third-order valence-electron chi connectivity index (χ3n) is 4.05. The second kappa shape index (κ2) is 4.56. The molecular formula is C16H25Li. The van der Waals surface area contributed by atoms with Crippen LogP contribution in [0.4, 0.5) is 0 Å². The maximum atomic E-state index is 2.45. The van der Waals surface area contributed by atoms with E-state index >= 15 is 0 Å². The molecule has 0 unspecified atom stereocenters. The van der Waals surface area contributed by atoms with Crippen LogP contribution in [0.3, 0.4) is 0 Å². The van der Waals surface area contributed by atoms with Gasteiger partial charge in [-0.1, -0.05) is 40.0 Å². The molecule has 0 heterocycles. The predicted molar refractivity (Wildman–Crippen MR) is 70.8 cm³/mol. The molecule has 0 N–H and O–H groups in total. The summed E-state index contributed by atoms with van der Waals surface area (Å²) in [7, 11) is 0. The van der Waals surface area contributed by atoms with Crippen molar-refractivity contribution in [3.63, 3.8) is 0 Å². The van der Waals surface area contributed by atoms with Crippen molar-refractivity contribution in [2.24, 2.45) is 10.8 Å². The molecule has 1 fully saturated rings. The Morgan fingerprint density at radius 2 is 1.18 bits per heavy atom. The number of rotatable bonds is 1. The van der Waals surface area contributed by atoms with Gasteiger partial charge in [0.05, 0.1) is 0 Å². The zero-order valence-corrected chi connectivity index (χ0v) is 12.4. The van der Waals surface area contributed by atoms with Crippen molar-refractivity contribution in [2.45, 2.75) is 59.3 Å². The Morgan fingerprint density at radius 1 is 0.765 bits per heavy atom. The third kappa shape index (κ3) is 3.24. The Hall–Kier alpha value is -0.0526. The van der Waals surface area contributed by atoms with Gasteiger partial charge in [0.2, 0.25) is 0 Å². The molecule has 1 aromatic carbocycles. The fraction of sp³-hybridized carbons (Fsp3) is 0.688. The van der Waals surface area contributed by atoms with Crippen LogP contribution in [-0.2, 0) is 5.41 Å². The molecule has 0 atom stereocenters. The molecule has 90 valence electrons. The van der Waals surface area contributed by atoms with Crippen LogP contribution in [0.15, 0.2) is 24.3 Å². The molecule has 2 rings (SSSR count). The van der Waals surface area contributed by atoms with Crippen molar-refractivity contribution in [3.8, 4) is 0 Å². The van der Waals surface area contributed by atoms with Gasteiger partial charge in [-0.05, 0) is 30.1 Å². The molecule has 0 amide bonds. The van der Waals surface area contributed by atoms with Gasteiger partial charge in [-0.2, -0.15) is 17.7 Å². The second-order valence-corrected chi connectivity index (χ2v) is 7.59. The molecule has 17 heavy (non-hydrogen) atoms. The second-order valence-electron chi connectivity index (χ2n) is 7.59. The van der Waals surface area contributed by atoms with Crippen LogP contribution in [-0.4, -0.2) is 0 Å². The van der Waals surface area contributed by atoms with E-state index in [4.69, 9.17) is 0 Å². The molecule has 0 spiro atoms. The summed E-state index contributed by atoms with van der Waals surface area (Å²) >= 11 is 0. The van der Waals surface area contributed by atoms with E-state index in [1.165, 1.54) is 24.8 Å². The van der Waals surface area contributed by atoms with Crippen molar-refractivity contribution < 1.29 is 18.9 Å². The van der Waals surface area contributed by atoms with Gasteiger partial charge in [-0.3, -0.25) is 0 Å². The molecule has 0 bridgehead atoms. The maximum absolute atomic E-state index is 2.45. The molecule has 0 saturated heterocycles. The van der Waals surface area contributed by atoms with Crippen LogP contribution in [0.5, 0.6) is 0 Å². The summed E-state index contributed by atoms with van der Waals surface area (Å²) in [4.78, 5) is 0. The molecule has 1 aliphatic carbocycles. The summed E-state index contributed by atoms with van der Waals surface area (Å²) in [6, 6.07) is 8.96. The third-order valence-corrected chi connectivity index (χ3v) is 4.05. The van der Waals surface area contributed by atoms with E-state index in [-0.39, 0.29) is 18.9 Å². The summed E-state index contributed by atoms with van der Waals surface area (Å²) in [5.41, 5.74) is 2.84. The monoisotopic (exact) mass is 224 g/mol. The van der Waals surface area contributed by atoms with Crippen LogP contribution in [0.2, 0.25) is 0 Å². The number of hydrogen-bond donors (Lipinski definition) is 0. The first-order chi connectivity index (χ1) is 7.23. The zero-order chi connectivity index (χ0) is 12.0. The van der Waals surface area contributed by atoms with Crippen molar-refractivity contribution >= 4 is 0 Å². The first kappa shape index (κ1) is 15.0. The normalized spacial score (nSPS) is 25.0. The molecule has 0 radical (unpaired) electrons. The smallest absolute Gasteiger partial charge is 0.213 e. The van der Waals surface area contributed by atoms with Crippen LogP contribution < -0.4 is 18.9 Å². The van der Waals surface area contributed by atoms with E-state index in [0.717, 1.165) is 0 Å². The zero-order valence-electron chi connectivity index (χ0n) is 12.4. The van der Waals surface area contributed by atoms with Crippen LogP contribution in [0, 0.1) is 10.8 Å². The van der Waals surface area contributed by atoms with Crippen molar-refractivity contribution in [2.75, 3.05) is 0 Å². The minimum Gasteiger partial charge on any atom is -0.213 e.